The number of hydrogen-bond acceptors (Lipinski definition) is 6. The molecule has 0 unspecified atom stereocenters. The van der Waals surface area contributed by atoms with Crippen molar-refractivity contribution in [3.05, 3.63) is 88.8 Å². The van der Waals surface area contributed by atoms with Crippen molar-refractivity contribution in [1.29, 1.82) is 0 Å². The number of esters is 2. The van der Waals surface area contributed by atoms with Crippen LogP contribution in [0.5, 0.6) is 0 Å². The van der Waals surface area contributed by atoms with Crippen molar-refractivity contribution in [1.82, 2.24) is 9.55 Å². The number of nitrogens with zero attached hydrogens (tertiary/aromatic N) is 1. The van der Waals surface area contributed by atoms with Gasteiger partial charge in [-0.25, -0.2) is 18.4 Å². The Morgan fingerprint density at radius 2 is 1.40 bits per heavy atom. The summed E-state index contributed by atoms with van der Waals surface area (Å²) in [5.74, 6) is -2.21. The monoisotopic (exact) mass is 682 g/mol. The van der Waals surface area contributed by atoms with Crippen LogP contribution in [-0.4, -0.2) is 34.7 Å². The lowest BCUT2D eigenvalue weighted by atomic mass is 10.1. The summed E-state index contributed by atoms with van der Waals surface area (Å²) in [6.45, 7) is 8.30. The molecule has 2 aromatic carbocycles. The number of nitrogens with one attached hydrogen (secondary N) is 1. The highest BCUT2D eigenvalue weighted by Crippen LogP contribution is 2.23. The van der Waals surface area contributed by atoms with E-state index in [2.05, 4.69) is 36.8 Å². The molecule has 8 nitrogen and oxygen atoms in total. The minimum Gasteiger partial charge on any atom is -0.462 e. The quantitative estimate of drug-likeness (QED) is 0.238. The molecule has 0 radical (unpaired) electrons. The van der Waals surface area contributed by atoms with E-state index in [9.17, 15) is 28.0 Å². The molecule has 0 atom stereocenters. The van der Waals surface area contributed by atoms with Crippen LogP contribution in [0.1, 0.15) is 48.4 Å². The second-order valence-corrected chi connectivity index (χ2v) is 10.7. The number of carbonyl (C=O) groups excluding carboxylic acids is 2. The van der Waals surface area contributed by atoms with Gasteiger partial charge in [-0.3, -0.25) is 9.59 Å². The summed E-state index contributed by atoms with van der Waals surface area (Å²) in [6, 6.07) is 5.24. The van der Waals surface area contributed by atoms with Gasteiger partial charge in [0.1, 0.15) is 22.8 Å². The van der Waals surface area contributed by atoms with Crippen molar-refractivity contribution in [2.75, 3.05) is 13.2 Å². The molecule has 212 valence electrons. The SMILES string of the molecule is CCOC(=O)c1c[nH]c2cc(Br)c(F)cc2c1=O.CCOC(=O)c1cn(CC(C)C)c2cc(Br)c(F)cc2c1=O. The first kappa shape index (κ1) is 31.2. The molecule has 0 aliphatic carbocycles. The van der Waals surface area contributed by atoms with E-state index in [1.165, 1.54) is 18.5 Å². The number of aromatic amines is 1. The largest absolute Gasteiger partial charge is 0.462 e. The molecule has 0 aliphatic heterocycles. The van der Waals surface area contributed by atoms with Crippen LogP contribution >= 0.6 is 31.9 Å². The zero-order chi connectivity index (χ0) is 29.7. The van der Waals surface area contributed by atoms with Crippen LogP contribution in [0.3, 0.4) is 0 Å². The molecular formula is C28H26Br2F2N2O6. The standard InChI is InChI=1S/C16H17BrFNO3.C12H9BrFNO3/c1-4-22-16(21)11-8-19(7-9(2)3)14-6-12(17)13(18)5-10(14)15(11)20;1-2-18-12(17)7-5-15-10-4-8(13)9(14)3-6(10)11(7)16/h5-6,8-9H,4,7H2,1-3H3;3-5H,2H2,1H3,(H,15,16). The van der Waals surface area contributed by atoms with Gasteiger partial charge in [-0.1, -0.05) is 13.8 Å². The van der Waals surface area contributed by atoms with E-state index in [-0.39, 0.29) is 44.1 Å². The maximum absolute atomic E-state index is 13.8. The maximum Gasteiger partial charge on any atom is 0.343 e. The summed E-state index contributed by atoms with van der Waals surface area (Å²) >= 11 is 6.16. The van der Waals surface area contributed by atoms with E-state index in [1.807, 2.05) is 13.8 Å². The van der Waals surface area contributed by atoms with Gasteiger partial charge in [-0.05, 0) is 75.9 Å². The van der Waals surface area contributed by atoms with E-state index in [0.717, 1.165) is 12.1 Å². The Morgan fingerprint density at radius 1 is 0.875 bits per heavy atom. The molecule has 0 aliphatic rings. The van der Waals surface area contributed by atoms with Gasteiger partial charge in [0.25, 0.3) is 0 Å². The number of carbonyl (C=O) groups is 2. The van der Waals surface area contributed by atoms with Crippen LogP contribution in [0.2, 0.25) is 0 Å². The van der Waals surface area contributed by atoms with Crippen molar-refractivity contribution in [3.63, 3.8) is 0 Å². The Bertz CT molecular complexity index is 1720. The van der Waals surface area contributed by atoms with Crippen molar-refractivity contribution in [3.8, 4) is 0 Å². The summed E-state index contributed by atoms with van der Waals surface area (Å²) in [6.07, 6.45) is 2.76. The summed E-state index contributed by atoms with van der Waals surface area (Å²) < 4.78 is 39.2. The van der Waals surface area contributed by atoms with E-state index in [0.29, 0.717) is 23.5 Å². The second-order valence-electron chi connectivity index (χ2n) is 8.99. The third kappa shape index (κ3) is 6.84. The zero-order valence-electron chi connectivity index (χ0n) is 22.1. The van der Waals surface area contributed by atoms with Crippen molar-refractivity contribution >= 4 is 65.6 Å². The fraction of sp³-hybridized carbons (Fsp3) is 0.286. The Hall–Kier alpha value is -3.38. The van der Waals surface area contributed by atoms with E-state index in [1.54, 1.807) is 24.5 Å². The van der Waals surface area contributed by atoms with Gasteiger partial charge in [0.2, 0.25) is 10.9 Å². The lowest BCUT2D eigenvalue weighted by Gasteiger charge is -2.15. The third-order valence-corrected chi connectivity index (χ3v) is 6.81. The Morgan fingerprint density at radius 3 is 1.98 bits per heavy atom. The summed E-state index contributed by atoms with van der Waals surface area (Å²) in [5, 5.41) is 0.285. The molecule has 0 spiro atoms. The normalized spacial score (nSPS) is 10.9. The molecule has 0 amide bonds. The first-order valence-electron chi connectivity index (χ1n) is 12.3. The molecule has 4 aromatic rings. The number of benzene rings is 2. The number of fused-ring (bicyclic) bond motifs is 2. The molecule has 0 bridgehead atoms. The molecule has 2 aromatic heterocycles. The van der Waals surface area contributed by atoms with Gasteiger partial charge in [0.05, 0.1) is 33.2 Å². The maximum atomic E-state index is 13.8. The number of halogens is 4. The van der Waals surface area contributed by atoms with Crippen LogP contribution < -0.4 is 10.9 Å². The number of H-pyrrole nitrogens is 1. The Kier molecular flexibility index (Phi) is 10.4. The van der Waals surface area contributed by atoms with Gasteiger partial charge in [-0.2, -0.15) is 0 Å². The fourth-order valence-electron chi connectivity index (χ4n) is 3.86. The van der Waals surface area contributed by atoms with E-state index < -0.39 is 34.4 Å². The first-order valence-corrected chi connectivity index (χ1v) is 13.8. The van der Waals surface area contributed by atoms with Crippen LogP contribution in [0.15, 0.2) is 55.2 Å². The predicted molar refractivity (Wildman–Crippen MR) is 155 cm³/mol. The number of ether oxygens (including phenoxy) is 2. The summed E-state index contributed by atoms with van der Waals surface area (Å²) in [4.78, 5) is 50.7. The average Bonchev–Trinajstić information content (AvgIpc) is 2.88. The molecular weight excluding hydrogens is 658 g/mol. The lowest BCUT2D eigenvalue weighted by molar-refractivity contribution is 0.0514. The van der Waals surface area contributed by atoms with Crippen LogP contribution in [-0.2, 0) is 16.0 Å². The minimum absolute atomic E-state index is 0.0725. The van der Waals surface area contributed by atoms with Gasteiger partial charge in [0.15, 0.2) is 0 Å². The van der Waals surface area contributed by atoms with Gasteiger partial charge >= 0.3 is 11.9 Å². The number of pyridine rings is 2. The third-order valence-electron chi connectivity index (χ3n) is 5.60. The average molecular weight is 684 g/mol. The fourth-order valence-corrected chi connectivity index (χ4v) is 4.53. The molecule has 40 heavy (non-hydrogen) atoms. The minimum atomic E-state index is -0.719. The van der Waals surface area contributed by atoms with Crippen LogP contribution in [0.25, 0.3) is 21.8 Å². The zero-order valence-corrected chi connectivity index (χ0v) is 25.2. The first-order chi connectivity index (χ1) is 18.9. The van der Waals surface area contributed by atoms with E-state index >= 15 is 0 Å². The van der Waals surface area contributed by atoms with Gasteiger partial charge in [-0.15, -0.1) is 0 Å². The van der Waals surface area contributed by atoms with Gasteiger partial charge in [0, 0.05) is 29.7 Å². The predicted octanol–water partition coefficient (Wildman–Crippen LogP) is 6.34. The Balaban J connectivity index is 0.000000225. The highest BCUT2D eigenvalue weighted by molar-refractivity contribution is 9.10. The van der Waals surface area contributed by atoms with Crippen molar-refractivity contribution in [2.45, 2.75) is 34.2 Å². The van der Waals surface area contributed by atoms with E-state index in [4.69, 9.17) is 9.47 Å². The molecule has 4 rings (SSSR count). The smallest absolute Gasteiger partial charge is 0.343 e. The number of aromatic nitrogens is 2. The lowest BCUT2D eigenvalue weighted by Crippen LogP contribution is -2.22. The van der Waals surface area contributed by atoms with Crippen LogP contribution in [0, 0.1) is 17.6 Å². The second kappa shape index (κ2) is 13.3. The molecule has 12 heteroatoms. The number of rotatable bonds is 6. The highest BCUT2D eigenvalue weighted by Gasteiger charge is 2.19. The molecule has 2 heterocycles. The molecule has 0 fully saturated rings. The number of hydrogen-bond donors (Lipinski definition) is 1. The topological polar surface area (TPSA) is 107 Å². The summed E-state index contributed by atoms with van der Waals surface area (Å²) in [7, 11) is 0. The highest BCUT2D eigenvalue weighted by atomic mass is 79.9. The van der Waals surface area contributed by atoms with Gasteiger partial charge < -0.3 is 19.0 Å². The van der Waals surface area contributed by atoms with Crippen molar-refractivity contribution in [2.24, 2.45) is 5.92 Å². The molecule has 0 saturated carbocycles. The summed E-state index contributed by atoms with van der Waals surface area (Å²) in [5.41, 5.74) is -0.238. The van der Waals surface area contributed by atoms with Crippen molar-refractivity contribution < 1.29 is 27.8 Å². The molecule has 1 N–H and O–H groups in total. The van der Waals surface area contributed by atoms with Crippen LogP contribution in [0.4, 0.5) is 8.78 Å². The molecule has 0 saturated heterocycles. The Labute approximate surface area is 244 Å².